The van der Waals surface area contributed by atoms with E-state index < -0.39 is 11.8 Å². The molecule has 0 fully saturated rings. The van der Waals surface area contributed by atoms with Crippen molar-refractivity contribution in [2.24, 2.45) is 5.10 Å². The molecule has 0 aliphatic rings. The summed E-state index contributed by atoms with van der Waals surface area (Å²) in [5.74, 6) is -0.909. The first-order chi connectivity index (χ1) is 12.2. The summed E-state index contributed by atoms with van der Waals surface area (Å²) in [4.78, 5) is 23.6. The molecule has 5 nitrogen and oxygen atoms in total. The summed E-state index contributed by atoms with van der Waals surface area (Å²) in [6.07, 6.45) is 1.23. The van der Waals surface area contributed by atoms with Crippen LogP contribution in [-0.4, -0.2) is 18.0 Å². The molecule has 6 heteroatoms. The van der Waals surface area contributed by atoms with Crippen LogP contribution in [-0.2, 0) is 15.0 Å². The minimum absolute atomic E-state index is 0.0847. The first-order valence-electron chi connectivity index (χ1n) is 8.22. The molecule has 2 aromatic rings. The van der Waals surface area contributed by atoms with Crippen molar-refractivity contribution >= 4 is 35.3 Å². The molecule has 0 unspecified atom stereocenters. The number of hydrazone groups is 1. The molecule has 0 aliphatic carbocycles. The molecule has 0 saturated heterocycles. The number of hydrogen-bond donors (Lipinski definition) is 2. The van der Waals surface area contributed by atoms with E-state index in [9.17, 15) is 9.59 Å². The molecule has 0 saturated carbocycles. The highest BCUT2D eigenvalue weighted by Gasteiger charge is 2.12. The second-order valence-electron chi connectivity index (χ2n) is 6.90. The Morgan fingerprint density at radius 1 is 1.00 bits per heavy atom. The van der Waals surface area contributed by atoms with E-state index in [1.807, 2.05) is 24.3 Å². The lowest BCUT2D eigenvalue weighted by molar-refractivity contribution is -0.126. The zero-order valence-corrected chi connectivity index (χ0v) is 15.8. The van der Waals surface area contributed by atoms with Gasteiger partial charge in [-0.05, 0) is 40.8 Å². The van der Waals surface area contributed by atoms with Crippen LogP contribution >= 0.6 is 11.6 Å². The van der Waals surface area contributed by atoms with E-state index in [1.54, 1.807) is 30.5 Å². The average molecular weight is 372 g/mol. The zero-order valence-electron chi connectivity index (χ0n) is 15.0. The summed E-state index contributed by atoms with van der Waals surface area (Å²) in [7, 11) is 0. The Kier molecular flexibility index (Phi) is 6.52. The van der Waals surface area contributed by atoms with E-state index in [-0.39, 0.29) is 11.8 Å². The number of carbonyl (C=O) groups is 2. The van der Waals surface area contributed by atoms with Gasteiger partial charge in [-0.1, -0.05) is 56.6 Å². The van der Waals surface area contributed by atoms with Gasteiger partial charge in [-0.3, -0.25) is 9.59 Å². The summed E-state index contributed by atoms with van der Waals surface area (Å²) >= 11 is 5.78. The molecule has 26 heavy (non-hydrogen) atoms. The third-order valence-electron chi connectivity index (χ3n) is 3.63. The predicted octanol–water partition coefficient (Wildman–Crippen LogP) is 4.12. The fourth-order valence-corrected chi connectivity index (χ4v) is 2.30. The number of benzene rings is 2. The fraction of sp³-hybridized carbons (Fsp3) is 0.250. The molecule has 0 aliphatic heterocycles. The van der Waals surface area contributed by atoms with Gasteiger partial charge >= 0.3 is 0 Å². The second-order valence-corrected chi connectivity index (χ2v) is 7.33. The normalized spacial score (nSPS) is 11.4. The first-order valence-corrected chi connectivity index (χ1v) is 8.60. The van der Waals surface area contributed by atoms with Crippen molar-refractivity contribution in [3.63, 3.8) is 0 Å². The SMILES string of the molecule is CC(C)(C)c1ccc(C=NNC(=O)CC(=O)Nc2ccc(Cl)cc2)cc1. The maximum atomic E-state index is 11.8. The van der Waals surface area contributed by atoms with Crippen molar-refractivity contribution in [3.8, 4) is 0 Å². The van der Waals surface area contributed by atoms with E-state index in [2.05, 4.69) is 36.6 Å². The maximum Gasteiger partial charge on any atom is 0.249 e. The first kappa shape index (κ1) is 19.7. The molecule has 2 N–H and O–H groups in total. The van der Waals surface area contributed by atoms with Crippen LogP contribution in [0.4, 0.5) is 5.69 Å². The minimum Gasteiger partial charge on any atom is -0.326 e. The van der Waals surface area contributed by atoms with Gasteiger partial charge in [0.2, 0.25) is 11.8 Å². The number of nitrogens with zero attached hydrogens (tertiary/aromatic N) is 1. The Bertz CT molecular complexity index is 791. The summed E-state index contributed by atoms with van der Waals surface area (Å²) in [6.45, 7) is 6.43. The standard InChI is InChI=1S/C20H22ClN3O2/c1-20(2,3)15-6-4-14(5-7-15)13-22-24-19(26)12-18(25)23-17-10-8-16(21)9-11-17/h4-11,13H,12H2,1-3H3,(H,23,25)(H,24,26). The van der Waals surface area contributed by atoms with Crippen molar-refractivity contribution in [2.75, 3.05) is 5.32 Å². The Balaban J connectivity index is 1.81. The van der Waals surface area contributed by atoms with Crippen molar-refractivity contribution in [1.29, 1.82) is 0 Å². The molecule has 0 radical (unpaired) electrons. The topological polar surface area (TPSA) is 70.6 Å². The Hall–Kier alpha value is -2.66. The maximum absolute atomic E-state index is 11.8. The zero-order chi connectivity index (χ0) is 19.2. The number of anilines is 1. The van der Waals surface area contributed by atoms with Gasteiger partial charge < -0.3 is 5.32 Å². The van der Waals surface area contributed by atoms with Gasteiger partial charge in [-0.15, -0.1) is 0 Å². The van der Waals surface area contributed by atoms with Gasteiger partial charge in [-0.2, -0.15) is 5.10 Å². The summed E-state index contributed by atoms with van der Waals surface area (Å²) in [5.41, 5.74) is 5.10. The molecule has 136 valence electrons. The summed E-state index contributed by atoms with van der Waals surface area (Å²) in [6, 6.07) is 14.6. The monoisotopic (exact) mass is 371 g/mol. The second kappa shape index (κ2) is 8.63. The van der Waals surface area contributed by atoms with Crippen LogP contribution in [0, 0.1) is 0 Å². The predicted molar refractivity (Wildman–Crippen MR) is 106 cm³/mol. The highest BCUT2D eigenvalue weighted by atomic mass is 35.5. The fourth-order valence-electron chi connectivity index (χ4n) is 2.17. The lowest BCUT2D eigenvalue weighted by Crippen LogP contribution is -2.24. The smallest absolute Gasteiger partial charge is 0.249 e. The van der Waals surface area contributed by atoms with Gasteiger partial charge in [0, 0.05) is 10.7 Å². The quantitative estimate of drug-likeness (QED) is 0.471. The highest BCUT2D eigenvalue weighted by Crippen LogP contribution is 2.21. The van der Waals surface area contributed by atoms with Crippen LogP contribution in [0.1, 0.15) is 38.3 Å². The van der Waals surface area contributed by atoms with Gasteiger partial charge in [0.05, 0.1) is 6.21 Å². The average Bonchev–Trinajstić information content (AvgIpc) is 2.56. The van der Waals surface area contributed by atoms with E-state index in [0.717, 1.165) is 5.56 Å². The summed E-state index contributed by atoms with van der Waals surface area (Å²) in [5, 5.41) is 7.08. The number of nitrogens with one attached hydrogen (secondary N) is 2. The van der Waals surface area contributed by atoms with Crippen molar-refractivity contribution in [1.82, 2.24) is 5.43 Å². The van der Waals surface area contributed by atoms with Gasteiger partial charge in [0.1, 0.15) is 6.42 Å². The minimum atomic E-state index is -0.487. The molecular formula is C20H22ClN3O2. The molecule has 2 amide bonds. The number of amides is 2. The lowest BCUT2D eigenvalue weighted by atomic mass is 9.87. The number of halogens is 1. The van der Waals surface area contributed by atoms with Crippen LogP contribution in [0.3, 0.4) is 0 Å². The summed E-state index contributed by atoms with van der Waals surface area (Å²) < 4.78 is 0. The number of rotatable bonds is 5. The third kappa shape index (κ3) is 6.33. The number of carbonyl (C=O) groups excluding carboxylic acids is 2. The highest BCUT2D eigenvalue weighted by molar-refractivity contribution is 6.30. The van der Waals surface area contributed by atoms with Crippen molar-refractivity contribution < 1.29 is 9.59 Å². The molecule has 2 rings (SSSR count). The third-order valence-corrected chi connectivity index (χ3v) is 3.88. The van der Waals surface area contributed by atoms with Gasteiger partial charge in [-0.25, -0.2) is 5.43 Å². The van der Waals surface area contributed by atoms with E-state index in [4.69, 9.17) is 11.6 Å². The molecule has 0 heterocycles. The van der Waals surface area contributed by atoms with Gasteiger partial charge in [0.25, 0.3) is 0 Å². The molecule has 0 bridgehead atoms. The van der Waals surface area contributed by atoms with E-state index in [1.165, 1.54) is 5.56 Å². The molecule has 0 atom stereocenters. The van der Waals surface area contributed by atoms with E-state index >= 15 is 0 Å². The Morgan fingerprint density at radius 3 is 2.19 bits per heavy atom. The molecule has 2 aromatic carbocycles. The van der Waals surface area contributed by atoms with Crippen molar-refractivity contribution in [2.45, 2.75) is 32.6 Å². The molecule has 0 spiro atoms. The molecular weight excluding hydrogens is 350 g/mol. The lowest BCUT2D eigenvalue weighted by Gasteiger charge is -2.18. The van der Waals surface area contributed by atoms with E-state index in [0.29, 0.717) is 10.7 Å². The van der Waals surface area contributed by atoms with Crippen LogP contribution in [0.5, 0.6) is 0 Å². The largest absolute Gasteiger partial charge is 0.326 e. The van der Waals surface area contributed by atoms with Crippen molar-refractivity contribution in [3.05, 3.63) is 64.7 Å². The Morgan fingerprint density at radius 2 is 1.62 bits per heavy atom. The van der Waals surface area contributed by atoms with Crippen LogP contribution in [0.2, 0.25) is 5.02 Å². The Labute approximate surface area is 158 Å². The van der Waals surface area contributed by atoms with Gasteiger partial charge in [0.15, 0.2) is 0 Å². The van der Waals surface area contributed by atoms with Crippen LogP contribution in [0.15, 0.2) is 53.6 Å². The van der Waals surface area contributed by atoms with Crippen LogP contribution < -0.4 is 10.7 Å². The van der Waals surface area contributed by atoms with Crippen LogP contribution in [0.25, 0.3) is 0 Å². The molecule has 0 aromatic heterocycles. The number of hydrogen-bond acceptors (Lipinski definition) is 3.